The van der Waals surface area contributed by atoms with E-state index < -0.39 is 0 Å². The minimum Gasteiger partial charge on any atom is -0.344 e. The highest BCUT2D eigenvalue weighted by molar-refractivity contribution is 7.17. The van der Waals surface area contributed by atoms with Crippen molar-refractivity contribution < 1.29 is 9.59 Å². The van der Waals surface area contributed by atoms with Crippen LogP contribution in [-0.4, -0.2) is 35.8 Å². The van der Waals surface area contributed by atoms with Gasteiger partial charge in [-0.05, 0) is 13.3 Å². The van der Waals surface area contributed by atoms with E-state index in [-0.39, 0.29) is 11.8 Å². The summed E-state index contributed by atoms with van der Waals surface area (Å²) in [5.74, 6) is -0.0906. The summed E-state index contributed by atoms with van der Waals surface area (Å²) in [4.78, 5) is 30.3. The van der Waals surface area contributed by atoms with Crippen molar-refractivity contribution in [2.45, 2.75) is 71.6 Å². The molecule has 1 aromatic heterocycles. The van der Waals surface area contributed by atoms with E-state index in [1.807, 2.05) is 0 Å². The van der Waals surface area contributed by atoms with Gasteiger partial charge in [-0.1, -0.05) is 63.2 Å². The van der Waals surface area contributed by atoms with Crippen molar-refractivity contribution in [1.29, 1.82) is 0 Å². The number of anilines is 1. The van der Waals surface area contributed by atoms with Crippen LogP contribution in [-0.2, 0) is 4.79 Å². The molecule has 0 aliphatic rings. The second-order valence-electron chi connectivity index (χ2n) is 6.41. The standard InChI is InChI=1S/C18H31N3O2S/c1-5-6-7-8-9-10-11-12-13-15(22)20-18-19-14(2)16(24-18)17(23)21(3)4/h5-13H2,1-4H3,(H,19,20,22). The van der Waals surface area contributed by atoms with Gasteiger partial charge in [-0.25, -0.2) is 4.98 Å². The van der Waals surface area contributed by atoms with E-state index in [2.05, 4.69) is 17.2 Å². The number of aryl methyl sites for hydroxylation is 1. The van der Waals surface area contributed by atoms with Crippen LogP contribution in [0.5, 0.6) is 0 Å². The number of rotatable bonds is 11. The molecule has 0 radical (unpaired) electrons. The average molecular weight is 354 g/mol. The quantitative estimate of drug-likeness (QED) is 0.590. The Morgan fingerprint density at radius 3 is 2.21 bits per heavy atom. The second-order valence-corrected chi connectivity index (χ2v) is 7.41. The molecule has 24 heavy (non-hydrogen) atoms. The minimum absolute atomic E-state index is 0.0152. The van der Waals surface area contributed by atoms with E-state index in [4.69, 9.17) is 0 Å². The minimum atomic E-state index is -0.0754. The van der Waals surface area contributed by atoms with Crippen LogP contribution in [0.15, 0.2) is 0 Å². The molecule has 1 N–H and O–H groups in total. The molecule has 0 saturated heterocycles. The van der Waals surface area contributed by atoms with Crippen molar-refractivity contribution >= 4 is 28.3 Å². The van der Waals surface area contributed by atoms with Gasteiger partial charge in [-0.3, -0.25) is 9.59 Å². The monoisotopic (exact) mass is 353 g/mol. The maximum absolute atomic E-state index is 12.0. The van der Waals surface area contributed by atoms with Crippen LogP contribution in [0.25, 0.3) is 0 Å². The van der Waals surface area contributed by atoms with Crippen molar-refractivity contribution in [3.05, 3.63) is 10.6 Å². The number of nitrogens with zero attached hydrogens (tertiary/aromatic N) is 2. The molecule has 5 nitrogen and oxygen atoms in total. The SMILES string of the molecule is CCCCCCCCCCC(=O)Nc1nc(C)c(C(=O)N(C)C)s1. The summed E-state index contributed by atoms with van der Waals surface area (Å²) in [6, 6.07) is 0. The molecule has 0 bridgehead atoms. The van der Waals surface area contributed by atoms with Crippen LogP contribution >= 0.6 is 11.3 Å². The van der Waals surface area contributed by atoms with Crippen LogP contribution in [0.1, 0.15) is 80.1 Å². The number of aromatic nitrogens is 1. The predicted octanol–water partition coefficient (Wildman–Crippen LogP) is 4.62. The largest absolute Gasteiger partial charge is 0.344 e. The Bertz CT molecular complexity index is 526. The highest BCUT2D eigenvalue weighted by Gasteiger charge is 2.17. The van der Waals surface area contributed by atoms with Crippen molar-refractivity contribution in [2.24, 2.45) is 0 Å². The van der Waals surface area contributed by atoms with Gasteiger partial charge < -0.3 is 10.2 Å². The lowest BCUT2D eigenvalue weighted by atomic mass is 10.1. The summed E-state index contributed by atoms with van der Waals surface area (Å²) in [6.45, 7) is 4.02. The number of amides is 2. The highest BCUT2D eigenvalue weighted by Crippen LogP contribution is 2.23. The average Bonchev–Trinajstić information content (AvgIpc) is 2.89. The zero-order chi connectivity index (χ0) is 17.9. The van der Waals surface area contributed by atoms with E-state index in [1.54, 1.807) is 21.0 Å². The normalized spacial score (nSPS) is 10.7. The molecule has 0 atom stereocenters. The molecular formula is C18H31N3O2S. The fraction of sp³-hybridized carbons (Fsp3) is 0.722. The molecule has 1 aromatic rings. The highest BCUT2D eigenvalue weighted by atomic mass is 32.1. The summed E-state index contributed by atoms with van der Waals surface area (Å²) in [5, 5.41) is 3.33. The van der Waals surface area contributed by atoms with Gasteiger partial charge in [0, 0.05) is 20.5 Å². The number of carbonyl (C=O) groups excluding carboxylic acids is 2. The number of nitrogens with one attached hydrogen (secondary N) is 1. The first-order valence-corrected chi connectivity index (χ1v) is 9.76. The third-order valence-electron chi connectivity index (χ3n) is 3.90. The Kier molecular flexibility index (Phi) is 9.60. The number of unbranched alkanes of at least 4 members (excludes halogenated alkanes) is 7. The Labute approximate surface area is 149 Å². The zero-order valence-electron chi connectivity index (χ0n) is 15.5. The Balaban J connectivity index is 2.26. The van der Waals surface area contributed by atoms with Crippen molar-refractivity contribution in [2.75, 3.05) is 19.4 Å². The van der Waals surface area contributed by atoms with Crippen LogP contribution < -0.4 is 5.32 Å². The lowest BCUT2D eigenvalue weighted by Gasteiger charge is -2.07. The third-order valence-corrected chi connectivity index (χ3v) is 4.96. The van der Waals surface area contributed by atoms with Gasteiger partial charge in [-0.2, -0.15) is 0 Å². The molecule has 0 aliphatic carbocycles. The summed E-state index contributed by atoms with van der Waals surface area (Å²) in [5.41, 5.74) is 0.668. The smallest absolute Gasteiger partial charge is 0.265 e. The molecule has 0 unspecified atom stereocenters. The molecule has 0 spiro atoms. The topological polar surface area (TPSA) is 62.3 Å². The van der Waals surface area contributed by atoms with Gasteiger partial charge in [-0.15, -0.1) is 0 Å². The number of carbonyl (C=O) groups is 2. The lowest BCUT2D eigenvalue weighted by molar-refractivity contribution is -0.116. The fourth-order valence-electron chi connectivity index (χ4n) is 2.45. The van der Waals surface area contributed by atoms with Crippen LogP contribution in [0.4, 0.5) is 5.13 Å². The molecule has 0 aliphatic heterocycles. The predicted molar refractivity (Wildman–Crippen MR) is 101 cm³/mol. The number of hydrogen-bond donors (Lipinski definition) is 1. The van der Waals surface area contributed by atoms with E-state index in [0.29, 0.717) is 22.1 Å². The summed E-state index contributed by atoms with van der Waals surface area (Å²) < 4.78 is 0. The molecule has 0 fully saturated rings. The Hall–Kier alpha value is -1.43. The zero-order valence-corrected chi connectivity index (χ0v) is 16.3. The van der Waals surface area contributed by atoms with E-state index in [1.165, 1.54) is 54.8 Å². The van der Waals surface area contributed by atoms with Crippen molar-refractivity contribution in [3.8, 4) is 0 Å². The van der Waals surface area contributed by atoms with Gasteiger partial charge in [0.05, 0.1) is 5.69 Å². The maximum Gasteiger partial charge on any atom is 0.265 e. The van der Waals surface area contributed by atoms with E-state index in [9.17, 15) is 9.59 Å². The summed E-state index contributed by atoms with van der Waals surface area (Å²) >= 11 is 1.24. The van der Waals surface area contributed by atoms with Crippen LogP contribution in [0.3, 0.4) is 0 Å². The first-order chi connectivity index (χ1) is 11.5. The van der Waals surface area contributed by atoms with Crippen molar-refractivity contribution in [1.82, 2.24) is 9.88 Å². The van der Waals surface area contributed by atoms with Gasteiger partial charge in [0.15, 0.2) is 5.13 Å². The molecule has 0 aromatic carbocycles. The van der Waals surface area contributed by atoms with Gasteiger partial charge in [0.2, 0.25) is 5.91 Å². The van der Waals surface area contributed by atoms with Crippen molar-refractivity contribution in [3.63, 3.8) is 0 Å². The molecule has 6 heteroatoms. The molecule has 2 amide bonds. The van der Waals surface area contributed by atoms with Gasteiger partial charge in [0.1, 0.15) is 4.88 Å². The van der Waals surface area contributed by atoms with Crippen LogP contribution in [0.2, 0.25) is 0 Å². The van der Waals surface area contributed by atoms with E-state index >= 15 is 0 Å². The molecule has 1 rings (SSSR count). The van der Waals surface area contributed by atoms with E-state index in [0.717, 1.165) is 12.8 Å². The van der Waals surface area contributed by atoms with Gasteiger partial charge in [0.25, 0.3) is 5.91 Å². The first kappa shape index (κ1) is 20.6. The molecule has 0 saturated carbocycles. The second kappa shape index (κ2) is 11.2. The molecule has 136 valence electrons. The third kappa shape index (κ3) is 7.43. The Morgan fingerprint density at radius 2 is 1.62 bits per heavy atom. The molecular weight excluding hydrogens is 322 g/mol. The number of thiazole rings is 1. The maximum atomic E-state index is 12.0. The van der Waals surface area contributed by atoms with Crippen LogP contribution in [0, 0.1) is 6.92 Å². The Morgan fingerprint density at radius 1 is 1.04 bits per heavy atom. The first-order valence-electron chi connectivity index (χ1n) is 8.94. The fourth-order valence-corrected chi connectivity index (χ4v) is 3.46. The van der Waals surface area contributed by atoms with Gasteiger partial charge >= 0.3 is 0 Å². The molecule has 1 heterocycles. The summed E-state index contributed by atoms with van der Waals surface area (Å²) in [7, 11) is 3.42. The summed E-state index contributed by atoms with van der Waals surface area (Å²) in [6.07, 6.45) is 10.2. The lowest BCUT2D eigenvalue weighted by Crippen LogP contribution is -2.21. The number of hydrogen-bond acceptors (Lipinski definition) is 4.